The van der Waals surface area contributed by atoms with Crippen molar-refractivity contribution in [1.82, 2.24) is 15.3 Å². The second kappa shape index (κ2) is 10.5. The second-order valence-electron chi connectivity index (χ2n) is 6.54. The SMILES string of the molecule is CCCCCCCOc1ccc(-c2nc(N)nc(C)c2C(=O)NCC)cc1. The lowest BCUT2D eigenvalue weighted by Crippen LogP contribution is -2.25. The third kappa shape index (κ3) is 5.94. The maximum absolute atomic E-state index is 12.4. The highest BCUT2D eigenvalue weighted by atomic mass is 16.5. The number of hydrogen-bond acceptors (Lipinski definition) is 5. The third-order valence-corrected chi connectivity index (χ3v) is 4.32. The van der Waals surface area contributed by atoms with Gasteiger partial charge in [0.05, 0.1) is 23.6 Å². The molecular formula is C21H30N4O2. The van der Waals surface area contributed by atoms with Crippen molar-refractivity contribution < 1.29 is 9.53 Å². The lowest BCUT2D eigenvalue weighted by Gasteiger charge is -2.12. The van der Waals surface area contributed by atoms with Gasteiger partial charge in [-0.3, -0.25) is 4.79 Å². The smallest absolute Gasteiger partial charge is 0.255 e. The molecule has 6 nitrogen and oxygen atoms in total. The maximum atomic E-state index is 12.4. The predicted molar refractivity (Wildman–Crippen MR) is 109 cm³/mol. The summed E-state index contributed by atoms with van der Waals surface area (Å²) in [5, 5.41) is 2.81. The van der Waals surface area contributed by atoms with Crippen LogP contribution in [0.25, 0.3) is 11.3 Å². The Bertz CT molecular complexity index is 745. The highest BCUT2D eigenvalue weighted by Crippen LogP contribution is 2.26. The number of aromatic nitrogens is 2. The van der Waals surface area contributed by atoms with E-state index in [1.807, 2.05) is 31.2 Å². The number of carbonyl (C=O) groups is 1. The zero-order chi connectivity index (χ0) is 19.6. The van der Waals surface area contributed by atoms with Crippen LogP contribution in [0.3, 0.4) is 0 Å². The van der Waals surface area contributed by atoms with Gasteiger partial charge in [-0.05, 0) is 44.5 Å². The van der Waals surface area contributed by atoms with E-state index >= 15 is 0 Å². The first-order valence-corrected chi connectivity index (χ1v) is 9.72. The van der Waals surface area contributed by atoms with E-state index in [4.69, 9.17) is 10.5 Å². The minimum Gasteiger partial charge on any atom is -0.494 e. The fraction of sp³-hybridized carbons (Fsp3) is 0.476. The summed E-state index contributed by atoms with van der Waals surface area (Å²) in [4.78, 5) is 20.9. The molecule has 0 aliphatic carbocycles. The molecule has 3 N–H and O–H groups in total. The molecule has 0 aliphatic heterocycles. The van der Waals surface area contributed by atoms with Crippen molar-refractivity contribution in [3.63, 3.8) is 0 Å². The van der Waals surface area contributed by atoms with E-state index in [1.54, 1.807) is 6.92 Å². The van der Waals surface area contributed by atoms with Crippen LogP contribution in [0.15, 0.2) is 24.3 Å². The van der Waals surface area contributed by atoms with Gasteiger partial charge in [0.1, 0.15) is 5.75 Å². The molecule has 1 heterocycles. The van der Waals surface area contributed by atoms with Gasteiger partial charge in [0, 0.05) is 12.1 Å². The Labute approximate surface area is 161 Å². The summed E-state index contributed by atoms with van der Waals surface area (Å²) >= 11 is 0. The van der Waals surface area contributed by atoms with Crippen LogP contribution in [0.5, 0.6) is 5.75 Å². The molecule has 0 bridgehead atoms. The van der Waals surface area contributed by atoms with Crippen LogP contribution >= 0.6 is 0 Å². The highest BCUT2D eigenvalue weighted by Gasteiger charge is 2.19. The largest absolute Gasteiger partial charge is 0.494 e. The number of ether oxygens (including phenoxy) is 1. The molecule has 146 valence electrons. The number of carbonyl (C=O) groups excluding carboxylic acids is 1. The average molecular weight is 370 g/mol. The minimum atomic E-state index is -0.197. The first-order valence-electron chi connectivity index (χ1n) is 9.72. The van der Waals surface area contributed by atoms with E-state index in [0.717, 1.165) is 17.7 Å². The van der Waals surface area contributed by atoms with E-state index in [-0.39, 0.29) is 11.9 Å². The molecule has 2 aromatic rings. The molecule has 6 heteroatoms. The lowest BCUT2D eigenvalue weighted by molar-refractivity contribution is 0.0955. The topological polar surface area (TPSA) is 90.1 Å². The van der Waals surface area contributed by atoms with Crippen molar-refractivity contribution in [1.29, 1.82) is 0 Å². The first-order chi connectivity index (χ1) is 13.1. The summed E-state index contributed by atoms with van der Waals surface area (Å²) in [6.07, 6.45) is 6.04. The summed E-state index contributed by atoms with van der Waals surface area (Å²) in [6, 6.07) is 7.60. The van der Waals surface area contributed by atoms with Crippen LogP contribution in [0, 0.1) is 6.92 Å². The van der Waals surface area contributed by atoms with Gasteiger partial charge in [0.2, 0.25) is 5.95 Å². The fourth-order valence-corrected chi connectivity index (χ4v) is 2.93. The molecule has 0 fully saturated rings. The van der Waals surface area contributed by atoms with Gasteiger partial charge < -0.3 is 15.8 Å². The quantitative estimate of drug-likeness (QED) is 0.614. The van der Waals surface area contributed by atoms with E-state index in [0.29, 0.717) is 30.1 Å². The summed E-state index contributed by atoms with van der Waals surface area (Å²) < 4.78 is 5.80. The minimum absolute atomic E-state index is 0.156. The number of nitrogens with zero attached hydrogens (tertiary/aromatic N) is 2. The molecular weight excluding hydrogens is 340 g/mol. The normalized spacial score (nSPS) is 10.6. The molecule has 1 aromatic carbocycles. The Morgan fingerprint density at radius 2 is 1.78 bits per heavy atom. The van der Waals surface area contributed by atoms with E-state index < -0.39 is 0 Å². The number of amides is 1. The van der Waals surface area contributed by atoms with Crippen molar-refractivity contribution in [2.45, 2.75) is 52.9 Å². The molecule has 1 amide bonds. The van der Waals surface area contributed by atoms with Gasteiger partial charge in [0.15, 0.2) is 0 Å². The number of nitrogen functional groups attached to an aromatic ring is 1. The van der Waals surface area contributed by atoms with Crippen LogP contribution in [0.4, 0.5) is 5.95 Å². The number of unbranched alkanes of at least 4 members (excludes halogenated alkanes) is 4. The molecule has 0 unspecified atom stereocenters. The van der Waals surface area contributed by atoms with E-state index in [1.165, 1.54) is 25.7 Å². The third-order valence-electron chi connectivity index (χ3n) is 4.32. The lowest BCUT2D eigenvalue weighted by atomic mass is 10.0. The van der Waals surface area contributed by atoms with E-state index in [2.05, 4.69) is 22.2 Å². The molecule has 0 saturated carbocycles. The zero-order valence-corrected chi connectivity index (χ0v) is 16.5. The van der Waals surface area contributed by atoms with Gasteiger partial charge in [0.25, 0.3) is 5.91 Å². The van der Waals surface area contributed by atoms with Crippen molar-refractivity contribution in [2.75, 3.05) is 18.9 Å². The molecule has 2 rings (SSSR count). The van der Waals surface area contributed by atoms with Crippen LogP contribution in [0.2, 0.25) is 0 Å². The molecule has 0 aliphatic rings. The molecule has 0 spiro atoms. The van der Waals surface area contributed by atoms with Gasteiger partial charge in [-0.25, -0.2) is 9.97 Å². The van der Waals surface area contributed by atoms with Gasteiger partial charge in [-0.15, -0.1) is 0 Å². The number of rotatable bonds is 10. The number of benzene rings is 1. The van der Waals surface area contributed by atoms with Crippen LogP contribution < -0.4 is 15.8 Å². The Hall–Kier alpha value is -2.63. The number of aryl methyl sites for hydroxylation is 1. The molecule has 27 heavy (non-hydrogen) atoms. The van der Waals surface area contributed by atoms with Gasteiger partial charge in [-0.2, -0.15) is 0 Å². The molecule has 1 aromatic heterocycles. The Morgan fingerprint density at radius 3 is 2.44 bits per heavy atom. The summed E-state index contributed by atoms with van der Waals surface area (Å²) in [5.74, 6) is 0.771. The highest BCUT2D eigenvalue weighted by molar-refractivity contribution is 6.01. The van der Waals surface area contributed by atoms with Crippen LogP contribution in [-0.2, 0) is 0 Å². The molecule has 0 radical (unpaired) electrons. The summed E-state index contributed by atoms with van der Waals surface area (Å²) in [6.45, 7) is 7.10. The van der Waals surface area contributed by atoms with Crippen molar-refractivity contribution in [2.24, 2.45) is 0 Å². The molecule has 0 atom stereocenters. The van der Waals surface area contributed by atoms with Crippen molar-refractivity contribution in [3.05, 3.63) is 35.5 Å². The van der Waals surface area contributed by atoms with Crippen LogP contribution in [0.1, 0.15) is 62.0 Å². The van der Waals surface area contributed by atoms with E-state index in [9.17, 15) is 4.79 Å². The predicted octanol–water partition coefficient (Wildman–Crippen LogP) is 4.13. The number of nitrogens with two attached hydrogens (primary N) is 1. The van der Waals surface area contributed by atoms with Crippen molar-refractivity contribution >= 4 is 11.9 Å². The van der Waals surface area contributed by atoms with Gasteiger partial charge in [-0.1, -0.05) is 32.6 Å². The zero-order valence-electron chi connectivity index (χ0n) is 16.5. The van der Waals surface area contributed by atoms with Gasteiger partial charge >= 0.3 is 0 Å². The first kappa shape index (κ1) is 20.7. The Balaban J connectivity index is 2.11. The van der Waals surface area contributed by atoms with Crippen molar-refractivity contribution in [3.8, 4) is 17.0 Å². The number of nitrogens with one attached hydrogen (secondary N) is 1. The second-order valence-corrected chi connectivity index (χ2v) is 6.54. The number of anilines is 1. The monoisotopic (exact) mass is 370 g/mol. The summed E-state index contributed by atoms with van der Waals surface area (Å²) in [5.41, 5.74) is 8.17. The number of hydrogen-bond donors (Lipinski definition) is 2. The fourth-order valence-electron chi connectivity index (χ4n) is 2.93. The van der Waals surface area contributed by atoms with Crippen LogP contribution in [-0.4, -0.2) is 29.0 Å². The maximum Gasteiger partial charge on any atom is 0.255 e. The Morgan fingerprint density at radius 1 is 1.07 bits per heavy atom. The average Bonchev–Trinajstić information content (AvgIpc) is 2.64. The summed E-state index contributed by atoms with van der Waals surface area (Å²) in [7, 11) is 0. The standard InChI is InChI=1S/C21H30N4O2/c1-4-6-7-8-9-14-27-17-12-10-16(11-13-17)19-18(20(26)23-5-2)15(3)24-21(22)25-19/h10-13H,4-9,14H2,1-3H3,(H,23,26)(H2,22,24,25). The Kier molecular flexibility index (Phi) is 8.04. The molecule has 0 saturated heterocycles.